The summed E-state index contributed by atoms with van der Waals surface area (Å²) in [6.45, 7) is 8.89. The van der Waals surface area contributed by atoms with Crippen LogP contribution in [0.3, 0.4) is 0 Å². The lowest BCUT2D eigenvalue weighted by molar-refractivity contribution is -0.121. The van der Waals surface area contributed by atoms with Crippen molar-refractivity contribution >= 4 is 38.1 Å². The molecule has 1 N–H and O–H groups in total. The zero-order chi connectivity index (χ0) is 23.8. The summed E-state index contributed by atoms with van der Waals surface area (Å²) < 4.78 is 33.8. The van der Waals surface area contributed by atoms with Gasteiger partial charge in [0.05, 0.1) is 16.3 Å². The number of sulfonamides is 1. The van der Waals surface area contributed by atoms with Gasteiger partial charge in [0.1, 0.15) is 5.75 Å². The first-order valence-corrected chi connectivity index (χ1v) is 13.1. The Morgan fingerprint density at radius 2 is 1.88 bits per heavy atom. The average molecular weight is 486 g/mol. The smallest absolute Gasteiger partial charge is 0.265 e. The third-order valence-electron chi connectivity index (χ3n) is 5.40. The van der Waals surface area contributed by atoms with Crippen LogP contribution in [0.4, 0.5) is 10.8 Å². The number of anilines is 2. The number of aromatic nitrogens is 1. The molecule has 0 fully saturated rings. The van der Waals surface area contributed by atoms with Crippen molar-refractivity contribution in [1.82, 2.24) is 4.98 Å². The molecule has 2 aromatic carbocycles. The molecular weight excluding hydrogens is 458 g/mol. The van der Waals surface area contributed by atoms with Crippen molar-refractivity contribution in [3.05, 3.63) is 53.4 Å². The maximum Gasteiger partial charge on any atom is 0.265 e. The highest BCUT2D eigenvalue weighted by molar-refractivity contribution is 7.93. The lowest BCUT2D eigenvalue weighted by Gasteiger charge is -2.29. The molecule has 0 unspecified atom stereocenters. The zero-order valence-corrected chi connectivity index (χ0v) is 20.7. The van der Waals surface area contributed by atoms with E-state index in [4.69, 9.17) is 4.74 Å². The van der Waals surface area contributed by atoms with Gasteiger partial charge in [0.25, 0.3) is 15.9 Å². The van der Waals surface area contributed by atoms with E-state index in [1.54, 1.807) is 22.4 Å². The fraction of sp³-hybridized carbons (Fsp3) is 0.333. The Morgan fingerprint density at radius 1 is 1.15 bits per heavy atom. The Balaban J connectivity index is 1.57. The fourth-order valence-corrected chi connectivity index (χ4v) is 5.56. The first kappa shape index (κ1) is 23.3. The molecule has 174 valence electrons. The van der Waals surface area contributed by atoms with E-state index in [9.17, 15) is 13.2 Å². The van der Waals surface area contributed by atoms with Crippen LogP contribution in [0.1, 0.15) is 39.7 Å². The number of rotatable bonds is 6. The molecule has 33 heavy (non-hydrogen) atoms. The molecule has 9 heteroatoms. The minimum absolute atomic E-state index is 0.0334. The largest absolute Gasteiger partial charge is 0.482 e. The summed E-state index contributed by atoms with van der Waals surface area (Å²) in [4.78, 5) is 18.7. The number of carbonyl (C=O) groups excluding carboxylic acids is 1. The van der Waals surface area contributed by atoms with Crippen LogP contribution in [-0.2, 0) is 20.2 Å². The van der Waals surface area contributed by atoms with E-state index >= 15 is 0 Å². The number of nitrogens with one attached hydrogen (secondary N) is 1. The van der Waals surface area contributed by atoms with E-state index in [-0.39, 0.29) is 28.0 Å². The Labute approximate surface area is 198 Å². The first-order valence-electron chi connectivity index (χ1n) is 10.7. The van der Waals surface area contributed by atoms with Crippen molar-refractivity contribution in [2.24, 2.45) is 0 Å². The van der Waals surface area contributed by atoms with E-state index in [1.807, 2.05) is 37.3 Å². The lowest BCUT2D eigenvalue weighted by Crippen LogP contribution is -2.39. The molecule has 0 aliphatic carbocycles. The van der Waals surface area contributed by atoms with E-state index in [0.29, 0.717) is 23.7 Å². The van der Waals surface area contributed by atoms with Gasteiger partial charge < -0.3 is 9.64 Å². The number of ether oxygens (including phenoxy) is 1. The monoisotopic (exact) mass is 485 g/mol. The molecule has 3 aromatic rings. The Morgan fingerprint density at radius 3 is 2.55 bits per heavy atom. The maximum atomic E-state index is 12.8. The molecule has 4 rings (SSSR count). The van der Waals surface area contributed by atoms with Gasteiger partial charge in [0.2, 0.25) is 0 Å². The van der Waals surface area contributed by atoms with Gasteiger partial charge in [-0.05, 0) is 47.7 Å². The molecule has 1 aliphatic rings. The van der Waals surface area contributed by atoms with E-state index in [1.165, 1.54) is 11.3 Å². The Hall–Kier alpha value is -2.91. The summed E-state index contributed by atoms with van der Waals surface area (Å²) in [6.07, 6.45) is 0.828. The minimum atomic E-state index is -3.76. The van der Waals surface area contributed by atoms with Crippen molar-refractivity contribution in [3.8, 4) is 17.0 Å². The van der Waals surface area contributed by atoms with Gasteiger partial charge in [-0.25, -0.2) is 13.4 Å². The highest BCUT2D eigenvalue weighted by Crippen LogP contribution is 2.37. The molecule has 0 saturated carbocycles. The first-order chi connectivity index (χ1) is 15.6. The van der Waals surface area contributed by atoms with Crippen LogP contribution in [0.2, 0.25) is 0 Å². The SMILES string of the molecule is CCCN1C(=O)COc2ccc(-c3csc(NS(=O)(=O)c4ccc(C(C)(C)C)cc4)n3)cc21. The topological polar surface area (TPSA) is 88.6 Å². The van der Waals surface area contributed by atoms with Crippen molar-refractivity contribution < 1.29 is 17.9 Å². The van der Waals surface area contributed by atoms with Crippen LogP contribution in [0.25, 0.3) is 11.3 Å². The summed E-state index contributed by atoms with van der Waals surface area (Å²) >= 11 is 1.21. The number of thiazole rings is 1. The molecular formula is C24H27N3O4S2. The molecule has 0 spiro atoms. The zero-order valence-electron chi connectivity index (χ0n) is 19.1. The second kappa shape index (κ2) is 8.79. The minimum Gasteiger partial charge on any atom is -0.482 e. The number of amides is 1. The van der Waals surface area contributed by atoms with Gasteiger partial charge in [-0.2, -0.15) is 0 Å². The van der Waals surface area contributed by atoms with Crippen molar-refractivity contribution in [2.75, 3.05) is 22.8 Å². The number of hydrogen-bond acceptors (Lipinski definition) is 6. The second-order valence-electron chi connectivity index (χ2n) is 8.93. The molecule has 2 heterocycles. The highest BCUT2D eigenvalue weighted by atomic mass is 32.2. The van der Waals surface area contributed by atoms with Gasteiger partial charge in [0.15, 0.2) is 11.7 Å². The lowest BCUT2D eigenvalue weighted by atomic mass is 9.87. The van der Waals surface area contributed by atoms with Gasteiger partial charge in [-0.3, -0.25) is 9.52 Å². The molecule has 1 aromatic heterocycles. The molecule has 0 saturated heterocycles. The number of benzene rings is 2. The quantitative estimate of drug-likeness (QED) is 0.528. The summed E-state index contributed by atoms with van der Waals surface area (Å²) in [5.74, 6) is 0.576. The Bertz CT molecular complexity index is 1280. The van der Waals surface area contributed by atoms with Gasteiger partial charge in [-0.15, -0.1) is 11.3 Å². The van der Waals surface area contributed by atoms with Crippen molar-refractivity contribution in [3.63, 3.8) is 0 Å². The third kappa shape index (κ3) is 4.89. The summed E-state index contributed by atoms with van der Waals surface area (Å²) in [6, 6.07) is 12.4. The van der Waals surface area contributed by atoms with Crippen molar-refractivity contribution in [1.29, 1.82) is 0 Å². The highest BCUT2D eigenvalue weighted by Gasteiger charge is 2.26. The van der Waals surface area contributed by atoms with Crippen LogP contribution >= 0.6 is 11.3 Å². The number of hydrogen-bond donors (Lipinski definition) is 1. The molecule has 1 amide bonds. The third-order valence-corrected chi connectivity index (χ3v) is 7.64. The van der Waals surface area contributed by atoms with Crippen molar-refractivity contribution in [2.45, 2.75) is 44.4 Å². The van der Waals surface area contributed by atoms with Gasteiger partial charge in [0, 0.05) is 17.5 Å². The normalized spacial score (nSPS) is 14.1. The number of fused-ring (bicyclic) bond motifs is 1. The molecule has 0 atom stereocenters. The molecule has 0 radical (unpaired) electrons. The van der Waals surface area contributed by atoms with Crippen LogP contribution in [0, 0.1) is 0 Å². The second-order valence-corrected chi connectivity index (χ2v) is 11.5. The van der Waals surface area contributed by atoms with Crippen LogP contribution in [-0.4, -0.2) is 32.5 Å². The fourth-order valence-electron chi connectivity index (χ4n) is 3.59. The van der Waals surface area contributed by atoms with Crippen LogP contribution in [0.5, 0.6) is 5.75 Å². The predicted molar refractivity (Wildman–Crippen MR) is 132 cm³/mol. The summed E-state index contributed by atoms with van der Waals surface area (Å²) in [7, 11) is -3.76. The van der Waals surface area contributed by atoms with Gasteiger partial charge in [-0.1, -0.05) is 39.8 Å². The van der Waals surface area contributed by atoms with Crippen LogP contribution in [0.15, 0.2) is 52.7 Å². The van der Waals surface area contributed by atoms with E-state index < -0.39 is 10.0 Å². The summed E-state index contributed by atoms with van der Waals surface area (Å²) in [5, 5.41) is 2.07. The predicted octanol–water partition coefficient (Wildman–Crippen LogP) is 5.04. The van der Waals surface area contributed by atoms with E-state index in [0.717, 1.165) is 17.5 Å². The Kier molecular flexibility index (Phi) is 6.20. The van der Waals surface area contributed by atoms with Crippen LogP contribution < -0.4 is 14.4 Å². The average Bonchev–Trinajstić information content (AvgIpc) is 3.23. The van der Waals surface area contributed by atoms with Gasteiger partial charge >= 0.3 is 0 Å². The molecule has 1 aliphatic heterocycles. The number of nitrogens with zero attached hydrogens (tertiary/aromatic N) is 2. The summed E-state index contributed by atoms with van der Waals surface area (Å²) in [5.41, 5.74) is 3.11. The van der Waals surface area contributed by atoms with E-state index in [2.05, 4.69) is 30.5 Å². The number of carbonyl (C=O) groups is 1. The maximum absolute atomic E-state index is 12.8. The standard InChI is InChI=1S/C24H27N3O4S2/c1-5-12-27-20-13-16(6-11-21(20)31-14-22(27)28)19-15-32-23(25-19)26-33(29,30)18-9-7-17(8-10-18)24(2,3)4/h6-11,13,15H,5,12,14H2,1-4H3,(H,25,26). The molecule has 7 nitrogen and oxygen atoms in total. The molecule has 0 bridgehead atoms.